The third kappa shape index (κ3) is 3.79. The van der Waals surface area contributed by atoms with Gasteiger partial charge in [-0.1, -0.05) is 35.9 Å². The standard InChI is InChI=1S/C23H18O6S/c1-15-7-10-18(11-8-15)30(25,26)29-17-9-12-19-21(14-17)28-22(23(19)24)13-16-5-3-4-6-20(16)27-2/h3-14H,1-2H3/b22-13-. The predicted octanol–water partition coefficient (Wildman–Crippen LogP) is 4.39. The number of carbonyl (C=O) groups is 1. The highest BCUT2D eigenvalue weighted by atomic mass is 32.2. The molecule has 7 heteroatoms. The second-order valence-corrected chi connectivity index (χ2v) is 8.24. The molecule has 30 heavy (non-hydrogen) atoms. The van der Waals surface area contributed by atoms with Gasteiger partial charge in [0.1, 0.15) is 22.1 Å². The Labute approximate surface area is 174 Å². The second-order valence-electron chi connectivity index (χ2n) is 6.69. The van der Waals surface area contributed by atoms with Crippen LogP contribution in [0.3, 0.4) is 0 Å². The van der Waals surface area contributed by atoms with E-state index < -0.39 is 10.1 Å². The quantitative estimate of drug-likeness (QED) is 0.448. The van der Waals surface area contributed by atoms with Crippen LogP contribution in [0.15, 0.2) is 77.4 Å². The van der Waals surface area contributed by atoms with Gasteiger partial charge in [-0.15, -0.1) is 0 Å². The molecule has 1 aliphatic rings. The highest BCUT2D eigenvalue weighted by Gasteiger charge is 2.29. The van der Waals surface area contributed by atoms with Crippen molar-refractivity contribution in [2.24, 2.45) is 0 Å². The fourth-order valence-corrected chi connectivity index (χ4v) is 3.95. The number of methoxy groups -OCH3 is 1. The van der Waals surface area contributed by atoms with E-state index >= 15 is 0 Å². The maximum Gasteiger partial charge on any atom is 0.339 e. The van der Waals surface area contributed by atoms with Crippen molar-refractivity contribution in [2.75, 3.05) is 7.11 Å². The summed E-state index contributed by atoms with van der Waals surface area (Å²) in [5, 5.41) is 0. The van der Waals surface area contributed by atoms with Gasteiger partial charge in [0.05, 0.1) is 12.7 Å². The highest BCUT2D eigenvalue weighted by molar-refractivity contribution is 7.87. The Bertz CT molecular complexity index is 1260. The number of allylic oxidation sites excluding steroid dienone is 1. The summed E-state index contributed by atoms with van der Waals surface area (Å²) in [6, 6.07) is 17.9. The number of ether oxygens (including phenoxy) is 2. The van der Waals surface area contributed by atoms with Gasteiger partial charge in [-0.3, -0.25) is 4.79 Å². The molecule has 0 radical (unpaired) electrons. The fourth-order valence-electron chi connectivity index (χ4n) is 3.03. The van der Waals surface area contributed by atoms with Gasteiger partial charge < -0.3 is 13.7 Å². The molecular formula is C23H18O6S. The molecule has 6 nitrogen and oxygen atoms in total. The molecule has 0 amide bonds. The Morgan fingerprint density at radius 3 is 2.43 bits per heavy atom. The van der Waals surface area contributed by atoms with Gasteiger partial charge in [0, 0.05) is 11.6 Å². The molecule has 152 valence electrons. The first-order valence-electron chi connectivity index (χ1n) is 9.10. The number of fused-ring (bicyclic) bond motifs is 1. The minimum absolute atomic E-state index is 0.0438. The average Bonchev–Trinajstić information content (AvgIpc) is 3.03. The Balaban J connectivity index is 1.61. The molecule has 0 N–H and O–H groups in total. The lowest BCUT2D eigenvalue weighted by atomic mass is 10.1. The summed E-state index contributed by atoms with van der Waals surface area (Å²) in [7, 11) is -2.46. The lowest BCUT2D eigenvalue weighted by Gasteiger charge is -2.08. The first-order chi connectivity index (χ1) is 14.4. The smallest absolute Gasteiger partial charge is 0.339 e. The number of carbonyl (C=O) groups excluding carboxylic acids is 1. The normalized spacial score (nSPS) is 14.3. The zero-order chi connectivity index (χ0) is 21.3. The SMILES string of the molecule is COc1ccccc1/C=C1\Oc2cc(OS(=O)(=O)c3ccc(C)cc3)ccc2C1=O. The van der Waals surface area contributed by atoms with Crippen LogP contribution in [0.2, 0.25) is 0 Å². The molecule has 4 rings (SSSR count). The summed E-state index contributed by atoms with van der Waals surface area (Å²) in [6.07, 6.45) is 1.59. The number of Topliss-reactive ketones (excluding diaryl/α,β-unsaturated/α-hetero) is 1. The molecule has 0 fully saturated rings. The van der Waals surface area contributed by atoms with Crippen molar-refractivity contribution < 1.29 is 26.9 Å². The van der Waals surface area contributed by atoms with E-state index in [4.69, 9.17) is 13.7 Å². The van der Waals surface area contributed by atoms with E-state index in [-0.39, 0.29) is 27.9 Å². The van der Waals surface area contributed by atoms with E-state index in [2.05, 4.69) is 0 Å². The van der Waals surface area contributed by atoms with Crippen molar-refractivity contribution in [2.45, 2.75) is 11.8 Å². The lowest BCUT2D eigenvalue weighted by Crippen LogP contribution is -2.09. The van der Waals surface area contributed by atoms with Crippen LogP contribution in [0.1, 0.15) is 21.5 Å². The van der Waals surface area contributed by atoms with E-state index in [9.17, 15) is 13.2 Å². The van der Waals surface area contributed by atoms with Gasteiger partial charge in [0.2, 0.25) is 5.78 Å². The van der Waals surface area contributed by atoms with Crippen molar-refractivity contribution in [3.05, 3.63) is 89.2 Å². The van der Waals surface area contributed by atoms with Crippen molar-refractivity contribution in [1.82, 2.24) is 0 Å². The van der Waals surface area contributed by atoms with E-state index in [1.54, 1.807) is 37.5 Å². The van der Waals surface area contributed by atoms with Crippen LogP contribution in [0, 0.1) is 6.92 Å². The predicted molar refractivity (Wildman–Crippen MR) is 111 cm³/mol. The molecule has 0 aliphatic carbocycles. The van der Waals surface area contributed by atoms with E-state index in [1.807, 2.05) is 19.1 Å². The van der Waals surface area contributed by atoms with Gasteiger partial charge in [0.15, 0.2) is 5.76 Å². The summed E-state index contributed by atoms with van der Waals surface area (Å²) in [4.78, 5) is 12.7. The van der Waals surface area contributed by atoms with Crippen LogP contribution in [-0.4, -0.2) is 21.3 Å². The van der Waals surface area contributed by atoms with Gasteiger partial charge >= 0.3 is 10.1 Å². The monoisotopic (exact) mass is 422 g/mol. The van der Waals surface area contributed by atoms with Crippen LogP contribution >= 0.6 is 0 Å². The molecule has 0 saturated carbocycles. The number of hydrogen-bond donors (Lipinski definition) is 0. The summed E-state index contributed by atoms with van der Waals surface area (Å²) < 4.78 is 41.2. The number of hydrogen-bond acceptors (Lipinski definition) is 6. The molecule has 0 spiro atoms. The number of rotatable bonds is 5. The Hall–Kier alpha value is -3.58. The summed E-state index contributed by atoms with van der Waals surface area (Å²) in [5.41, 5.74) is 1.96. The highest BCUT2D eigenvalue weighted by Crippen LogP contribution is 2.36. The first-order valence-corrected chi connectivity index (χ1v) is 10.5. The minimum Gasteiger partial charge on any atom is -0.496 e. The molecule has 0 atom stereocenters. The van der Waals surface area contributed by atoms with Crippen molar-refractivity contribution in [3.63, 3.8) is 0 Å². The molecule has 1 heterocycles. The van der Waals surface area contributed by atoms with Crippen LogP contribution in [0.5, 0.6) is 17.2 Å². The first kappa shape index (κ1) is 19.7. The van der Waals surface area contributed by atoms with Crippen molar-refractivity contribution in [1.29, 1.82) is 0 Å². The largest absolute Gasteiger partial charge is 0.496 e. The van der Waals surface area contributed by atoms with Crippen LogP contribution in [-0.2, 0) is 10.1 Å². The van der Waals surface area contributed by atoms with Crippen LogP contribution in [0.25, 0.3) is 6.08 Å². The number of benzene rings is 3. The van der Waals surface area contributed by atoms with Crippen molar-refractivity contribution in [3.8, 4) is 17.2 Å². The summed E-state index contributed by atoms with van der Waals surface area (Å²) >= 11 is 0. The maximum atomic E-state index is 12.7. The fraction of sp³-hybridized carbons (Fsp3) is 0.0870. The Kier molecular flexibility index (Phi) is 5.05. The molecule has 0 saturated heterocycles. The van der Waals surface area contributed by atoms with Gasteiger partial charge in [-0.25, -0.2) is 0 Å². The molecule has 0 bridgehead atoms. The Morgan fingerprint density at radius 2 is 1.70 bits per heavy atom. The maximum absolute atomic E-state index is 12.7. The molecule has 3 aromatic carbocycles. The molecule has 0 unspecified atom stereocenters. The van der Waals surface area contributed by atoms with Gasteiger partial charge in [0.25, 0.3) is 0 Å². The summed E-state index contributed by atoms with van der Waals surface area (Å²) in [6.45, 7) is 1.86. The summed E-state index contributed by atoms with van der Waals surface area (Å²) in [5.74, 6) is 0.709. The number of para-hydroxylation sites is 1. The zero-order valence-corrected chi connectivity index (χ0v) is 17.1. The van der Waals surface area contributed by atoms with E-state index in [0.717, 1.165) is 5.56 Å². The lowest BCUT2D eigenvalue weighted by molar-refractivity contribution is 0.101. The molecule has 1 aliphatic heterocycles. The average molecular weight is 422 g/mol. The third-order valence-corrected chi connectivity index (χ3v) is 5.84. The van der Waals surface area contributed by atoms with Crippen LogP contribution in [0.4, 0.5) is 0 Å². The zero-order valence-electron chi connectivity index (χ0n) is 16.3. The number of ketones is 1. The molecule has 3 aromatic rings. The number of aryl methyl sites for hydroxylation is 1. The minimum atomic E-state index is -4.00. The van der Waals surface area contributed by atoms with E-state index in [1.165, 1.54) is 30.3 Å². The molecule has 0 aromatic heterocycles. The Morgan fingerprint density at radius 1 is 0.967 bits per heavy atom. The van der Waals surface area contributed by atoms with E-state index in [0.29, 0.717) is 16.9 Å². The van der Waals surface area contributed by atoms with Gasteiger partial charge in [-0.2, -0.15) is 8.42 Å². The van der Waals surface area contributed by atoms with Gasteiger partial charge in [-0.05, 0) is 43.3 Å². The topological polar surface area (TPSA) is 78.9 Å². The molecular weight excluding hydrogens is 404 g/mol. The second kappa shape index (κ2) is 7.68. The van der Waals surface area contributed by atoms with Crippen LogP contribution < -0.4 is 13.7 Å². The third-order valence-electron chi connectivity index (χ3n) is 4.58. The van der Waals surface area contributed by atoms with Crippen molar-refractivity contribution >= 4 is 22.0 Å².